The molecule has 0 amide bonds. The molecule has 1 aromatic rings. The fourth-order valence-electron chi connectivity index (χ4n) is 4.09. The van der Waals surface area contributed by atoms with Gasteiger partial charge in [0.15, 0.2) is 0 Å². The summed E-state index contributed by atoms with van der Waals surface area (Å²) < 4.78 is 6.11. The maximum Gasteiger partial charge on any atom is 0.124 e. The Kier molecular flexibility index (Phi) is 3.18. The molecule has 0 bridgehead atoms. The van der Waals surface area contributed by atoms with Gasteiger partial charge < -0.3 is 10.1 Å². The Labute approximate surface area is 129 Å². The molecule has 1 N–H and O–H groups in total. The van der Waals surface area contributed by atoms with E-state index in [4.69, 9.17) is 4.74 Å². The molecule has 1 aliphatic heterocycles. The van der Waals surface area contributed by atoms with Gasteiger partial charge in [-0.2, -0.15) is 0 Å². The minimum Gasteiger partial charge on any atom is -0.487 e. The zero-order valence-electron chi connectivity index (χ0n) is 14.3. The highest BCUT2D eigenvalue weighted by atomic mass is 16.5. The third-order valence-electron chi connectivity index (χ3n) is 6.26. The molecule has 116 valence electrons. The van der Waals surface area contributed by atoms with E-state index in [-0.39, 0.29) is 5.60 Å². The average Bonchev–Trinajstić information content (AvgIpc) is 2.75. The lowest BCUT2D eigenvalue weighted by atomic mass is 9.89. The fraction of sp³-hybridized carbons (Fsp3) is 0.684. The minimum atomic E-state index is -0.0966. The average molecular weight is 287 g/mol. The Morgan fingerprint density at radius 1 is 1.05 bits per heavy atom. The first-order valence-electron chi connectivity index (χ1n) is 8.16. The standard InChI is InChI=1S/C19H29NO/c1-17(2)11-14(13-9-7-8-10-15(13)21-17)20-12-16-18(3,4)19(16,5)6/h7-10,14,16,20H,11-12H2,1-6H3. The molecule has 1 aromatic carbocycles. The first-order valence-corrected chi connectivity index (χ1v) is 8.16. The molecule has 0 aromatic heterocycles. The molecule has 0 radical (unpaired) electrons. The largest absolute Gasteiger partial charge is 0.487 e. The second-order valence-electron chi connectivity index (χ2n) is 8.56. The van der Waals surface area contributed by atoms with Gasteiger partial charge in [-0.1, -0.05) is 45.9 Å². The van der Waals surface area contributed by atoms with Gasteiger partial charge in [0.2, 0.25) is 0 Å². The Morgan fingerprint density at radius 2 is 1.67 bits per heavy atom. The molecule has 2 heteroatoms. The van der Waals surface area contributed by atoms with E-state index >= 15 is 0 Å². The highest BCUT2D eigenvalue weighted by Crippen LogP contribution is 2.68. The van der Waals surface area contributed by atoms with Crippen molar-refractivity contribution in [1.82, 2.24) is 5.32 Å². The van der Waals surface area contributed by atoms with Crippen LogP contribution in [0.25, 0.3) is 0 Å². The second-order valence-corrected chi connectivity index (χ2v) is 8.56. The highest BCUT2D eigenvalue weighted by molar-refractivity contribution is 5.38. The van der Waals surface area contributed by atoms with Crippen LogP contribution in [0.4, 0.5) is 0 Å². The van der Waals surface area contributed by atoms with Gasteiger partial charge in [0.25, 0.3) is 0 Å². The normalized spacial score (nSPS) is 28.6. The maximum atomic E-state index is 6.11. The van der Waals surface area contributed by atoms with Crippen LogP contribution in [0.5, 0.6) is 5.75 Å². The predicted octanol–water partition coefficient (Wildman–Crippen LogP) is 4.56. The van der Waals surface area contributed by atoms with Crippen LogP contribution in [-0.2, 0) is 0 Å². The van der Waals surface area contributed by atoms with E-state index in [1.54, 1.807) is 0 Å². The number of para-hydroxylation sites is 1. The molecule has 1 unspecified atom stereocenters. The van der Waals surface area contributed by atoms with Crippen molar-refractivity contribution in [3.8, 4) is 5.75 Å². The predicted molar refractivity (Wildman–Crippen MR) is 87.6 cm³/mol. The van der Waals surface area contributed by atoms with E-state index in [0.717, 1.165) is 24.6 Å². The van der Waals surface area contributed by atoms with Crippen molar-refractivity contribution in [2.45, 2.75) is 59.6 Å². The number of fused-ring (bicyclic) bond motifs is 1. The number of ether oxygens (including phenoxy) is 1. The molecule has 3 rings (SSSR count). The number of benzene rings is 1. The van der Waals surface area contributed by atoms with E-state index in [1.807, 2.05) is 0 Å². The molecule has 0 saturated heterocycles. The van der Waals surface area contributed by atoms with Crippen molar-refractivity contribution >= 4 is 0 Å². The van der Waals surface area contributed by atoms with Gasteiger partial charge in [0.05, 0.1) is 0 Å². The van der Waals surface area contributed by atoms with E-state index in [2.05, 4.69) is 71.1 Å². The van der Waals surface area contributed by atoms with E-state index in [0.29, 0.717) is 16.9 Å². The summed E-state index contributed by atoms with van der Waals surface area (Å²) in [4.78, 5) is 0. The zero-order chi connectivity index (χ0) is 15.5. The first kappa shape index (κ1) is 14.9. The number of hydrogen-bond acceptors (Lipinski definition) is 2. The van der Waals surface area contributed by atoms with Gasteiger partial charge in [-0.3, -0.25) is 0 Å². The van der Waals surface area contributed by atoms with Gasteiger partial charge >= 0.3 is 0 Å². The fourth-order valence-corrected chi connectivity index (χ4v) is 4.09. The van der Waals surface area contributed by atoms with Crippen molar-refractivity contribution in [3.05, 3.63) is 29.8 Å². The zero-order valence-corrected chi connectivity index (χ0v) is 14.3. The molecule has 2 aliphatic rings. The summed E-state index contributed by atoms with van der Waals surface area (Å²) >= 11 is 0. The SMILES string of the molecule is CC1(C)CC(NCC2C(C)(C)C2(C)C)c2ccccc2O1. The van der Waals surface area contributed by atoms with Crippen LogP contribution >= 0.6 is 0 Å². The van der Waals surface area contributed by atoms with Crippen LogP contribution in [0, 0.1) is 16.7 Å². The van der Waals surface area contributed by atoms with Crippen LogP contribution in [0.3, 0.4) is 0 Å². The van der Waals surface area contributed by atoms with Gasteiger partial charge in [0.1, 0.15) is 11.4 Å². The summed E-state index contributed by atoms with van der Waals surface area (Å²) in [6, 6.07) is 8.86. The van der Waals surface area contributed by atoms with Gasteiger partial charge in [-0.25, -0.2) is 0 Å². The first-order chi connectivity index (χ1) is 9.65. The van der Waals surface area contributed by atoms with Crippen molar-refractivity contribution in [3.63, 3.8) is 0 Å². The lowest BCUT2D eigenvalue weighted by molar-refractivity contribution is 0.0656. The van der Waals surface area contributed by atoms with Crippen LogP contribution in [-0.4, -0.2) is 12.1 Å². The summed E-state index contributed by atoms with van der Waals surface area (Å²) in [5.74, 6) is 1.80. The Morgan fingerprint density at radius 3 is 2.29 bits per heavy atom. The summed E-state index contributed by atoms with van der Waals surface area (Å²) in [5, 5.41) is 3.83. The van der Waals surface area contributed by atoms with Crippen molar-refractivity contribution in [2.75, 3.05) is 6.54 Å². The number of rotatable bonds is 3. The Bertz CT molecular complexity index is 530. The molecule has 1 atom stereocenters. The summed E-state index contributed by atoms with van der Waals surface area (Å²) in [6.45, 7) is 15.0. The quantitative estimate of drug-likeness (QED) is 0.880. The van der Waals surface area contributed by atoms with Crippen molar-refractivity contribution in [2.24, 2.45) is 16.7 Å². The molecule has 21 heavy (non-hydrogen) atoms. The smallest absolute Gasteiger partial charge is 0.124 e. The topological polar surface area (TPSA) is 21.3 Å². The third-order valence-corrected chi connectivity index (χ3v) is 6.26. The Balaban J connectivity index is 1.74. The van der Waals surface area contributed by atoms with Crippen molar-refractivity contribution in [1.29, 1.82) is 0 Å². The Hall–Kier alpha value is -1.02. The van der Waals surface area contributed by atoms with Gasteiger partial charge in [0, 0.05) is 18.0 Å². The number of nitrogens with one attached hydrogen (secondary N) is 1. The van der Waals surface area contributed by atoms with Crippen LogP contribution < -0.4 is 10.1 Å². The van der Waals surface area contributed by atoms with Crippen LogP contribution in [0.2, 0.25) is 0 Å². The minimum absolute atomic E-state index is 0.0966. The lowest BCUT2D eigenvalue weighted by Gasteiger charge is -2.38. The van der Waals surface area contributed by atoms with Crippen LogP contribution in [0.15, 0.2) is 24.3 Å². The maximum absolute atomic E-state index is 6.11. The molecular weight excluding hydrogens is 258 g/mol. The molecule has 1 fully saturated rings. The van der Waals surface area contributed by atoms with Gasteiger partial charge in [-0.15, -0.1) is 0 Å². The highest BCUT2D eigenvalue weighted by Gasteiger charge is 2.64. The summed E-state index contributed by atoms with van der Waals surface area (Å²) in [5.41, 5.74) is 2.11. The molecule has 1 saturated carbocycles. The summed E-state index contributed by atoms with van der Waals surface area (Å²) in [7, 11) is 0. The number of hydrogen-bond donors (Lipinski definition) is 1. The molecular formula is C19H29NO. The summed E-state index contributed by atoms with van der Waals surface area (Å²) in [6.07, 6.45) is 1.03. The van der Waals surface area contributed by atoms with E-state index in [1.165, 1.54) is 5.56 Å². The lowest BCUT2D eigenvalue weighted by Crippen LogP contribution is -2.40. The molecule has 2 nitrogen and oxygen atoms in total. The molecule has 1 heterocycles. The van der Waals surface area contributed by atoms with E-state index in [9.17, 15) is 0 Å². The van der Waals surface area contributed by atoms with Gasteiger partial charge in [-0.05, 0) is 43.2 Å². The molecule has 1 aliphatic carbocycles. The van der Waals surface area contributed by atoms with Crippen molar-refractivity contribution < 1.29 is 4.74 Å². The third kappa shape index (κ3) is 2.38. The van der Waals surface area contributed by atoms with Crippen LogP contribution in [0.1, 0.15) is 59.6 Å². The van der Waals surface area contributed by atoms with E-state index < -0.39 is 0 Å². The molecule has 0 spiro atoms. The second kappa shape index (κ2) is 4.49. The monoisotopic (exact) mass is 287 g/mol.